The number of aliphatic hydroxyl groups excluding tert-OH is 1. The summed E-state index contributed by atoms with van der Waals surface area (Å²) >= 11 is 0. The molecule has 2 amide bonds. The number of carbonyl (C=O) groups excluding carboxylic acids is 3. The van der Waals surface area contributed by atoms with Gasteiger partial charge in [0, 0.05) is 69.8 Å². The first-order chi connectivity index (χ1) is 42.9. The molecule has 0 bridgehead atoms. The predicted octanol–water partition coefficient (Wildman–Crippen LogP) is 13.2. The van der Waals surface area contributed by atoms with Crippen LogP contribution in [0.3, 0.4) is 0 Å². The largest absolute Gasteiger partial charge is 0.472 e. The van der Waals surface area contributed by atoms with Crippen LogP contribution in [0, 0.1) is 0 Å². The molecule has 0 spiro atoms. The molecule has 2 fully saturated rings. The Morgan fingerprint density at radius 1 is 0.478 bits per heavy atom. The van der Waals surface area contributed by atoms with E-state index >= 15 is 0 Å². The topological polar surface area (TPSA) is 294 Å². The monoisotopic (exact) mass is 1340 g/mol. The number of Topliss-reactive ketones (excluding diaryl/α,β-unsaturated/α-hetero) is 1. The van der Waals surface area contributed by atoms with Gasteiger partial charge in [-0.2, -0.15) is 0 Å². The smallest absolute Gasteiger partial charge is 0.388 e. The van der Waals surface area contributed by atoms with Gasteiger partial charge in [-0.15, -0.1) is 0 Å². The minimum atomic E-state index is -5.39. The molecule has 2 aliphatic heterocycles. The van der Waals surface area contributed by atoms with E-state index in [1.165, 1.54) is 58.5 Å². The zero-order valence-electron chi connectivity index (χ0n) is 57.0. The van der Waals surface area contributed by atoms with Crippen LogP contribution in [-0.4, -0.2) is 180 Å². The molecule has 525 valence electrons. The average molecular weight is 1340 g/mol. The van der Waals surface area contributed by atoms with Gasteiger partial charge in [0.1, 0.15) is 54.5 Å². The molecule has 11 atom stereocenters. The van der Waals surface area contributed by atoms with Crippen molar-refractivity contribution in [2.24, 2.45) is 0 Å². The Labute approximate surface area is 565 Å². The van der Waals surface area contributed by atoms with Crippen LogP contribution in [0.1, 0.15) is 285 Å². The maximum Gasteiger partial charge on any atom is 0.472 e. The second kappa shape index (κ2) is 55.3. The summed E-state index contributed by atoms with van der Waals surface area (Å²) < 4.78 is 79.3. The van der Waals surface area contributed by atoms with Crippen LogP contribution in [0.15, 0.2) is 12.2 Å². The Hall–Kier alpha value is -0.750. The van der Waals surface area contributed by atoms with E-state index in [9.17, 15) is 48.2 Å². The second-order valence-electron chi connectivity index (χ2n) is 24.8. The third-order valence-electron chi connectivity index (χ3n) is 16.8. The summed E-state index contributed by atoms with van der Waals surface area (Å²) in [5.41, 5.74) is 0. The zero-order chi connectivity index (χ0) is 65.4. The Morgan fingerprint density at radius 2 is 0.922 bits per heavy atom. The number of hydrogen-bond acceptors (Lipinski definition) is 15. The van der Waals surface area contributed by atoms with E-state index < -0.39 is 102 Å². The number of phosphoric ester groups is 2. The molecular weight excluding hydrogens is 1210 g/mol. The third-order valence-corrected chi connectivity index (χ3v) is 17.8. The Balaban J connectivity index is 0.0000405. The standard InChI is InChI=1S/C66H126N2O19P2.Na/c1-7-11-15-19-22-25-26-27-28-29-30-32-34-38-42-46-57(70)67-60-64(82-49-47-54(80-6)45-41-36-18-14-10-4)62(86-88(73,74)75)56(51-79-5)85-65(60)83-52-55-61(72)63(81-48-43-39-35-24-21-17-13-9-3)59(66(84-55)87-89(76,77)78)68-58(71)50-53(69)44-40-37-33-31-23-20-16-12-8-2;/h25-26,54-56,59-66,72H,7-24,27-52H2,1-6H3,(H,67,70)(H,68,71)(H2,73,74,75)(H2,76,77,78);/b26-25-;/t54-,55-,56-,59-,60-,61-,62-,63-,64-,65-,66-;/m1./s1. The minimum absolute atomic E-state index is 0. The van der Waals surface area contributed by atoms with Crippen molar-refractivity contribution in [3.8, 4) is 0 Å². The van der Waals surface area contributed by atoms with Gasteiger partial charge in [-0.25, -0.2) is 9.13 Å². The molecule has 90 heavy (non-hydrogen) atoms. The fourth-order valence-electron chi connectivity index (χ4n) is 11.7. The number of nitrogens with one attached hydrogen (secondary N) is 2. The van der Waals surface area contributed by atoms with Gasteiger partial charge in [0.25, 0.3) is 0 Å². The van der Waals surface area contributed by atoms with Gasteiger partial charge in [-0.05, 0) is 57.8 Å². The van der Waals surface area contributed by atoms with Gasteiger partial charge in [0.15, 0.2) is 12.6 Å². The first kappa shape index (κ1) is 87.3. The van der Waals surface area contributed by atoms with Gasteiger partial charge in [0.2, 0.25) is 11.8 Å². The molecule has 1 radical (unpaired) electrons. The molecule has 0 saturated carbocycles. The fraction of sp³-hybridized carbons (Fsp3) is 0.924. The molecule has 0 aromatic rings. The number of aliphatic hydroxyl groups is 1. The number of amides is 2. The number of phosphoric acid groups is 2. The maximum absolute atomic E-state index is 14.1. The van der Waals surface area contributed by atoms with E-state index in [4.69, 9.17) is 42.2 Å². The van der Waals surface area contributed by atoms with Gasteiger partial charge < -0.3 is 68.5 Å². The zero-order valence-corrected chi connectivity index (χ0v) is 60.8. The van der Waals surface area contributed by atoms with Gasteiger partial charge >= 0.3 is 15.6 Å². The summed E-state index contributed by atoms with van der Waals surface area (Å²) in [6, 6.07) is -2.84. The van der Waals surface area contributed by atoms with Crippen LogP contribution in [0.5, 0.6) is 0 Å². The fourth-order valence-corrected chi connectivity index (χ4v) is 12.7. The van der Waals surface area contributed by atoms with E-state index in [-0.39, 0.29) is 74.1 Å². The Kier molecular flexibility index (Phi) is 53.6. The maximum atomic E-state index is 14.1. The van der Waals surface area contributed by atoms with E-state index in [0.717, 1.165) is 161 Å². The van der Waals surface area contributed by atoms with Crippen molar-refractivity contribution in [3.05, 3.63) is 12.2 Å². The molecule has 0 aromatic carbocycles. The van der Waals surface area contributed by atoms with Crippen molar-refractivity contribution in [3.63, 3.8) is 0 Å². The van der Waals surface area contributed by atoms with Crippen molar-refractivity contribution in [1.82, 2.24) is 10.6 Å². The number of unbranched alkanes of at least 4 members (excludes halogenated alkanes) is 30. The number of ether oxygens (including phenoxy) is 7. The molecule has 24 heteroatoms. The Bertz CT molecular complexity index is 1900. The summed E-state index contributed by atoms with van der Waals surface area (Å²) in [6.07, 6.45) is 29.6. The third kappa shape index (κ3) is 42.7. The second-order valence-corrected chi connectivity index (χ2v) is 27.2. The number of rotatable bonds is 59. The molecule has 21 nitrogen and oxygen atoms in total. The molecule has 2 rings (SSSR count). The van der Waals surface area contributed by atoms with Crippen LogP contribution in [0.2, 0.25) is 0 Å². The van der Waals surface area contributed by atoms with E-state index in [1.54, 1.807) is 7.11 Å². The van der Waals surface area contributed by atoms with Crippen molar-refractivity contribution in [1.29, 1.82) is 0 Å². The number of hydrogen-bond donors (Lipinski definition) is 7. The first-order valence-corrected chi connectivity index (χ1v) is 38.1. The van der Waals surface area contributed by atoms with Crippen LogP contribution in [0.4, 0.5) is 0 Å². The molecule has 2 heterocycles. The van der Waals surface area contributed by atoms with Crippen LogP contribution in [-0.2, 0) is 65.7 Å². The SMILES string of the molecule is CCCCCC/C=C\CCCCCCCCCC(=O)N[C@H]1[C@H](OC[C@H]2O[C@H](OP(=O)(O)O)[C@H](NC(=O)CC(=O)CCCCCCCCCCC)[C@@H](OCCCCCCCCCC)[C@@H]2O)O[C@H](COC)[C@@H](OP(=O)(O)O)[C@@H]1OCC[C@@H](CCCCCCC)OC.[Na]. The van der Waals surface area contributed by atoms with Gasteiger partial charge in [-0.3, -0.25) is 23.4 Å². The van der Waals surface area contributed by atoms with Crippen LogP contribution in [0.25, 0.3) is 0 Å². The molecule has 0 unspecified atom stereocenters. The summed E-state index contributed by atoms with van der Waals surface area (Å²) in [5, 5.41) is 17.9. The number of methoxy groups -OCH3 is 2. The number of ketones is 1. The van der Waals surface area contributed by atoms with Crippen molar-refractivity contribution in [2.45, 2.75) is 352 Å². The Morgan fingerprint density at radius 3 is 1.44 bits per heavy atom. The first-order valence-electron chi connectivity index (χ1n) is 35.0. The minimum Gasteiger partial charge on any atom is -0.388 e. The van der Waals surface area contributed by atoms with Gasteiger partial charge in [0.05, 0.1) is 25.7 Å². The van der Waals surface area contributed by atoms with E-state index in [0.29, 0.717) is 25.7 Å². The molecule has 2 saturated heterocycles. The average Bonchev–Trinajstić information content (AvgIpc) is 0.828. The van der Waals surface area contributed by atoms with Crippen molar-refractivity contribution < 1.29 is 90.4 Å². The van der Waals surface area contributed by atoms with Crippen molar-refractivity contribution >= 4 is 62.8 Å². The molecule has 0 aromatic heterocycles. The normalized spacial score (nSPS) is 22.6. The summed E-state index contributed by atoms with van der Waals surface area (Å²) in [6.45, 7) is 7.91. The predicted molar refractivity (Wildman–Crippen MR) is 353 cm³/mol. The van der Waals surface area contributed by atoms with Crippen molar-refractivity contribution in [2.75, 3.05) is 40.6 Å². The number of carbonyl (C=O) groups is 3. The molecule has 7 N–H and O–H groups in total. The number of allylic oxidation sites excluding steroid dienone is 2. The van der Waals surface area contributed by atoms with Crippen LogP contribution >= 0.6 is 15.6 Å². The van der Waals surface area contributed by atoms with Crippen LogP contribution < -0.4 is 10.6 Å². The van der Waals surface area contributed by atoms with Gasteiger partial charge in [-0.1, -0.05) is 220 Å². The molecule has 0 aliphatic carbocycles. The van der Waals surface area contributed by atoms with E-state index in [2.05, 4.69) is 50.5 Å². The quantitative estimate of drug-likeness (QED) is 0.00979. The summed E-state index contributed by atoms with van der Waals surface area (Å²) in [4.78, 5) is 82.2. The molecule has 2 aliphatic rings. The molecular formula is C66H126N2NaO19P2. The summed E-state index contributed by atoms with van der Waals surface area (Å²) in [7, 11) is -7.69. The summed E-state index contributed by atoms with van der Waals surface area (Å²) in [5.74, 6) is -1.52. The van der Waals surface area contributed by atoms with E-state index in [1.807, 2.05) is 0 Å².